The molecule has 3 heteroatoms. The van der Waals surface area contributed by atoms with Crippen molar-refractivity contribution in [1.29, 1.82) is 0 Å². The first-order chi connectivity index (χ1) is 6.98. The van der Waals surface area contributed by atoms with Crippen LogP contribution in [0, 0.1) is 11.8 Å². The maximum Gasteiger partial charge on any atom is 0.138 e. The van der Waals surface area contributed by atoms with Crippen molar-refractivity contribution in [3.05, 3.63) is 0 Å². The smallest absolute Gasteiger partial charge is 0.138 e. The van der Waals surface area contributed by atoms with Crippen LogP contribution in [0.25, 0.3) is 0 Å². The summed E-state index contributed by atoms with van der Waals surface area (Å²) in [5.74, 6) is 0.866. The lowest BCUT2D eigenvalue weighted by atomic mass is 9.86. The summed E-state index contributed by atoms with van der Waals surface area (Å²) in [4.78, 5) is 11.8. The van der Waals surface area contributed by atoms with Crippen LogP contribution in [0.2, 0.25) is 0 Å². The van der Waals surface area contributed by atoms with Gasteiger partial charge in [-0.3, -0.25) is 4.79 Å². The third-order valence-electron chi connectivity index (χ3n) is 3.65. The fourth-order valence-electron chi connectivity index (χ4n) is 2.41. The molecule has 0 aromatic rings. The number of hydrogen-bond donors (Lipinski definition) is 1. The van der Waals surface area contributed by atoms with Gasteiger partial charge < -0.3 is 9.59 Å². The molecule has 0 saturated carbocycles. The minimum atomic E-state index is 0.171. The van der Waals surface area contributed by atoms with Crippen molar-refractivity contribution in [3.63, 3.8) is 0 Å². The van der Waals surface area contributed by atoms with E-state index in [1.807, 2.05) is 13.8 Å². The number of aliphatic hydroxyl groups is 1. The Balaban J connectivity index is 2.45. The van der Waals surface area contributed by atoms with Gasteiger partial charge in [-0.1, -0.05) is 13.8 Å². The minimum Gasteiger partial charge on any atom is -0.391 e. The Morgan fingerprint density at radius 1 is 1.40 bits per heavy atom. The summed E-state index contributed by atoms with van der Waals surface area (Å²) >= 11 is 0. The van der Waals surface area contributed by atoms with Crippen LogP contribution in [0.5, 0.6) is 0 Å². The summed E-state index contributed by atoms with van der Waals surface area (Å²) in [6.45, 7) is 7.10. The van der Waals surface area contributed by atoms with Gasteiger partial charge in [0.1, 0.15) is 12.3 Å². The molecule has 0 aromatic carbocycles. The first-order valence-electron chi connectivity index (χ1n) is 5.96. The van der Waals surface area contributed by atoms with Crippen molar-refractivity contribution in [2.24, 2.45) is 11.8 Å². The molecule has 0 bridgehead atoms. The van der Waals surface area contributed by atoms with E-state index in [1.54, 1.807) is 0 Å². The van der Waals surface area contributed by atoms with Gasteiger partial charge in [0.25, 0.3) is 0 Å². The molecule has 0 radical (unpaired) electrons. The number of carbonyl (C=O) groups is 1. The normalized spacial score (nSPS) is 31.9. The van der Waals surface area contributed by atoms with Crippen LogP contribution in [0.4, 0.5) is 0 Å². The Morgan fingerprint density at radius 3 is 2.33 bits per heavy atom. The summed E-state index contributed by atoms with van der Waals surface area (Å²) in [5, 5.41) is 8.96. The number of carbonyl (C=O) groups excluding carboxylic acids is 1. The predicted octanol–water partition coefficient (Wildman–Crippen LogP) is 1.06. The van der Waals surface area contributed by atoms with E-state index in [0.29, 0.717) is 5.78 Å². The van der Waals surface area contributed by atoms with Crippen LogP contribution >= 0.6 is 0 Å². The molecule has 88 valence electrons. The van der Waals surface area contributed by atoms with Gasteiger partial charge in [0.15, 0.2) is 0 Å². The number of Topliss-reactive ketones (excluding diaryl/α,β-unsaturated/α-hetero) is 1. The Labute approximate surface area is 92.7 Å². The molecule has 0 unspecified atom stereocenters. The average Bonchev–Trinajstić information content (AvgIpc) is 2.18. The quantitative estimate of drug-likeness (QED) is 0.711. The largest absolute Gasteiger partial charge is 0.391 e. The maximum absolute atomic E-state index is 11.8. The molecule has 3 nitrogen and oxygen atoms in total. The molecule has 1 saturated heterocycles. The number of rotatable bonds is 4. The second kappa shape index (κ2) is 5.08. The molecule has 0 spiro atoms. The maximum atomic E-state index is 11.8. The van der Waals surface area contributed by atoms with Gasteiger partial charge in [-0.25, -0.2) is 0 Å². The van der Waals surface area contributed by atoms with E-state index in [-0.39, 0.29) is 18.4 Å². The zero-order valence-electron chi connectivity index (χ0n) is 10.2. The van der Waals surface area contributed by atoms with Crippen molar-refractivity contribution in [2.45, 2.75) is 26.7 Å². The van der Waals surface area contributed by atoms with Gasteiger partial charge in [0.2, 0.25) is 0 Å². The molecule has 1 aliphatic heterocycles. The molecule has 1 N–H and O–H groups in total. The highest BCUT2D eigenvalue weighted by atomic mass is 16.3. The van der Waals surface area contributed by atoms with E-state index >= 15 is 0 Å². The standard InChI is InChI=1S/C12H24NO2/c1-10(2)12(15)11-4-6-13(3,7-5-11)8-9-14/h10-11,14H,4-9H2,1-3H3/q+1. The number of hydrogen-bond acceptors (Lipinski definition) is 2. The molecule has 1 heterocycles. The summed E-state index contributed by atoms with van der Waals surface area (Å²) in [7, 11) is 2.17. The molecular formula is C12H24NO2+. The molecule has 0 atom stereocenters. The zero-order valence-corrected chi connectivity index (χ0v) is 10.2. The van der Waals surface area contributed by atoms with Crippen molar-refractivity contribution in [1.82, 2.24) is 0 Å². The highest BCUT2D eigenvalue weighted by Gasteiger charge is 2.33. The van der Waals surface area contributed by atoms with Crippen LogP contribution in [-0.2, 0) is 4.79 Å². The van der Waals surface area contributed by atoms with Crippen LogP contribution < -0.4 is 0 Å². The first kappa shape index (κ1) is 12.7. The predicted molar refractivity (Wildman–Crippen MR) is 60.4 cm³/mol. The van der Waals surface area contributed by atoms with E-state index in [1.165, 1.54) is 0 Å². The van der Waals surface area contributed by atoms with Gasteiger partial charge in [-0.15, -0.1) is 0 Å². The van der Waals surface area contributed by atoms with Crippen molar-refractivity contribution in [3.8, 4) is 0 Å². The van der Waals surface area contributed by atoms with Crippen LogP contribution in [0.3, 0.4) is 0 Å². The van der Waals surface area contributed by atoms with Gasteiger partial charge >= 0.3 is 0 Å². The monoisotopic (exact) mass is 214 g/mol. The van der Waals surface area contributed by atoms with E-state index in [4.69, 9.17) is 5.11 Å². The molecule has 1 rings (SSSR count). The molecule has 1 fully saturated rings. The van der Waals surface area contributed by atoms with E-state index < -0.39 is 0 Å². The number of piperidine rings is 1. The topological polar surface area (TPSA) is 37.3 Å². The summed E-state index contributed by atoms with van der Waals surface area (Å²) in [5.41, 5.74) is 0. The van der Waals surface area contributed by atoms with Crippen molar-refractivity contribution < 1.29 is 14.4 Å². The molecule has 0 aliphatic carbocycles. The number of ketones is 1. The van der Waals surface area contributed by atoms with Crippen LogP contribution in [0.1, 0.15) is 26.7 Å². The van der Waals surface area contributed by atoms with E-state index in [0.717, 1.165) is 37.0 Å². The number of nitrogens with zero attached hydrogens (tertiary/aromatic N) is 1. The molecular weight excluding hydrogens is 190 g/mol. The van der Waals surface area contributed by atoms with Gasteiger partial charge in [0, 0.05) is 24.7 Å². The molecule has 0 amide bonds. The summed E-state index contributed by atoms with van der Waals surface area (Å²) < 4.78 is 0.929. The SMILES string of the molecule is CC(C)C(=O)C1CC[N+](C)(CCO)CC1. The highest BCUT2D eigenvalue weighted by Crippen LogP contribution is 2.24. The summed E-state index contributed by atoms with van der Waals surface area (Å²) in [6.07, 6.45) is 1.99. The highest BCUT2D eigenvalue weighted by molar-refractivity contribution is 5.82. The Morgan fingerprint density at radius 2 is 1.93 bits per heavy atom. The third-order valence-corrected chi connectivity index (χ3v) is 3.65. The average molecular weight is 214 g/mol. The van der Waals surface area contributed by atoms with Crippen LogP contribution in [0.15, 0.2) is 0 Å². The van der Waals surface area contributed by atoms with E-state index in [2.05, 4.69) is 7.05 Å². The third kappa shape index (κ3) is 3.28. The number of quaternary nitrogens is 1. The van der Waals surface area contributed by atoms with Gasteiger partial charge in [-0.05, 0) is 0 Å². The number of aliphatic hydroxyl groups excluding tert-OH is 1. The van der Waals surface area contributed by atoms with Gasteiger partial charge in [-0.2, -0.15) is 0 Å². The molecule has 0 aromatic heterocycles. The lowest BCUT2D eigenvalue weighted by molar-refractivity contribution is -0.915. The second-order valence-electron chi connectivity index (χ2n) is 5.35. The first-order valence-corrected chi connectivity index (χ1v) is 5.96. The number of likely N-dealkylation sites (N-methyl/N-ethyl adjacent to an activating group) is 1. The van der Waals surface area contributed by atoms with Gasteiger partial charge in [0.05, 0.1) is 26.7 Å². The lowest BCUT2D eigenvalue weighted by Crippen LogP contribution is -2.52. The Kier molecular flexibility index (Phi) is 4.29. The van der Waals surface area contributed by atoms with Crippen LogP contribution in [-0.4, -0.2) is 48.7 Å². The Bertz CT molecular complexity index is 218. The fraction of sp³-hybridized carbons (Fsp3) is 0.917. The lowest BCUT2D eigenvalue weighted by Gasteiger charge is -2.40. The zero-order chi connectivity index (χ0) is 11.5. The minimum absolute atomic E-state index is 0.171. The second-order valence-corrected chi connectivity index (χ2v) is 5.35. The fourth-order valence-corrected chi connectivity index (χ4v) is 2.41. The van der Waals surface area contributed by atoms with E-state index in [9.17, 15) is 4.79 Å². The molecule has 1 aliphatic rings. The van der Waals surface area contributed by atoms with Crippen molar-refractivity contribution in [2.75, 3.05) is 33.3 Å². The summed E-state index contributed by atoms with van der Waals surface area (Å²) in [6, 6.07) is 0. The molecule has 15 heavy (non-hydrogen) atoms. The Hall–Kier alpha value is -0.410. The number of likely N-dealkylation sites (tertiary alicyclic amines) is 1. The van der Waals surface area contributed by atoms with Crippen molar-refractivity contribution >= 4 is 5.78 Å².